The molecule has 0 aliphatic carbocycles. The molecule has 0 unspecified atom stereocenters. The quantitative estimate of drug-likeness (QED) is 0.307. The molecule has 184 valence electrons. The van der Waals surface area contributed by atoms with Crippen LogP contribution in [0.2, 0.25) is 0 Å². The van der Waals surface area contributed by atoms with Crippen LogP contribution in [0.25, 0.3) is 23.0 Å². The van der Waals surface area contributed by atoms with E-state index < -0.39 is 0 Å². The number of hydrogen-bond donors (Lipinski definition) is 1. The maximum Gasteiger partial charge on any atom is 0.244 e. The van der Waals surface area contributed by atoms with Gasteiger partial charge in [-0.15, -0.1) is 0 Å². The summed E-state index contributed by atoms with van der Waals surface area (Å²) in [6, 6.07) is 24.0. The summed E-state index contributed by atoms with van der Waals surface area (Å²) in [5, 5.41) is 12.5. The number of amides is 1. The number of aromatic nitrogens is 5. The Hall–Kier alpha value is -4.78. The fourth-order valence-corrected chi connectivity index (χ4v) is 4.29. The largest absolute Gasteiger partial charge is 0.348 e. The molecule has 2 aromatic carbocycles. The first-order valence-electron chi connectivity index (χ1n) is 12.2. The normalized spacial score (nSPS) is 11.2. The number of pyridine rings is 1. The summed E-state index contributed by atoms with van der Waals surface area (Å²) in [5.74, 6) is -0.181. The van der Waals surface area contributed by atoms with Gasteiger partial charge in [-0.2, -0.15) is 10.2 Å². The molecular weight excluding hydrogens is 460 g/mol. The molecule has 1 N–H and O–H groups in total. The summed E-state index contributed by atoms with van der Waals surface area (Å²) in [4.78, 5) is 17.0. The molecule has 5 aromatic rings. The van der Waals surface area contributed by atoms with E-state index in [4.69, 9.17) is 5.10 Å². The Balaban J connectivity index is 1.32. The third-order valence-electron chi connectivity index (χ3n) is 6.21. The SMILES string of the molecule is Cc1nn(-c2ccccc2)c(C)c1CNC(=O)/C=C/c1cn(Cc2ccccc2)nc1-c1cccnc1. The van der Waals surface area contributed by atoms with E-state index in [0.717, 1.165) is 45.0 Å². The summed E-state index contributed by atoms with van der Waals surface area (Å²) in [6.07, 6.45) is 8.83. The molecule has 3 aromatic heterocycles. The third-order valence-corrected chi connectivity index (χ3v) is 6.21. The van der Waals surface area contributed by atoms with Gasteiger partial charge in [-0.25, -0.2) is 4.68 Å². The van der Waals surface area contributed by atoms with E-state index in [-0.39, 0.29) is 5.91 Å². The maximum absolute atomic E-state index is 12.8. The van der Waals surface area contributed by atoms with Crippen molar-refractivity contribution >= 4 is 12.0 Å². The van der Waals surface area contributed by atoms with Gasteiger partial charge in [-0.05, 0) is 49.8 Å². The minimum absolute atomic E-state index is 0.181. The van der Waals surface area contributed by atoms with Gasteiger partial charge in [-0.1, -0.05) is 48.5 Å². The molecule has 5 rings (SSSR count). The van der Waals surface area contributed by atoms with Crippen molar-refractivity contribution in [2.75, 3.05) is 0 Å². The highest BCUT2D eigenvalue weighted by atomic mass is 16.1. The molecule has 1 amide bonds. The molecule has 0 saturated carbocycles. The van der Waals surface area contributed by atoms with Crippen molar-refractivity contribution in [3.05, 3.63) is 126 Å². The van der Waals surface area contributed by atoms with E-state index in [1.54, 1.807) is 24.5 Å². The number of para-hydroxylation sites is 1. The highest BCUT2D eigenvalue weighted by molar-refractivity contribution is 5.92. The zero-order valence-corrected chi connectivity index (χ0v) is 20.9. The lowest BCUT2D eigenvalue weighted by Gasteiger charge is -2.06. The highest BCUT2D eigenvalue weighted by Crippen LogP contribution is 2.23. The predicted octanol–water partition coefficient (Wildman–Crippen LogP) is 5.13. The van der Waals surface area contributed by atoms with Crippen molar-refractivity contribution in [1.82, 2.24) is 29.9 Å². The van der Waals surface area contributed by atoms with Gasteiger partial charge in [0.05, 0.1) is 17.9 Å². The van der Waals surface area contributed by atoms with Crippen LogP contribution in [0.1, 0.15) is 28.1 Å². The van der Waals surface area contributed by atoms with Gasteiger partial charge in [0, 0.05) is 53.6 Å². The van der Waals surface area contributed by atoms with Crippen LogP contribution in [0, 0.1) is 13.8 Å². The van der Waals surface area contributed by atoms with Crippen LogP contribution < -0.4 is 5.32 Å². The number of hydrogen-bond acceptors (Lipinski definition) is 4. The maximum atomic E-state index is 12.8. The van der Waals surface area contributed by atoms with Crippen molar-refractivity contribution in [2.45, 2.75) is 26.9 Å². The molecular formula is C30H28N6O. The molecule has 37 heavy (non-hydrogen) atoms. The standard InChI is InChI=1S/C30H28N6O/c1-22-28(23(2)36(33-22)27-13-7-4-8-14-27)19-32-29(37)16-15-26-21-35(20-24-10-5-3-6-11-24)34-30(26)25-12-9-17-31-18-25/h3-18,21H,19-20H2,1-2H3,(H,32,37)/b16-15+. The second-order valence-electron chi connectivity index (χ2n) is 8.81. The molecule has 0 saturated heterocycles. The first-order chi connectivity index (χ1) is 18.1. The van der Waals surface area contributed by atoms with Crippen molar-refractivity contribution in [1.29, 1.82) is 0 Å². The van der Waals surface area contributed by atoms with Crippen molar-refractivity contribution in [2.24, 2.45) is 0 Å². The summed E-state index contributed by atoms with van der Waals surface area (Å²) in [7, 11) is 0. The average molecular weight is 489 g/mol. The lowest BCUT2D eigenvalue weighted by atomic mass is 10.1. The molecule has 0 radical (unpaired) electrons. The highest BCUT2D eigenvalue weighted by Gasteiger charge is 2.14. The lowest BCUT2D eigenvalue weighted by molar-refractivity contribution is -0.116. The van der Waals surface area contributed by atoms with Gasteiger partial charge in [-0.3, -0.25) is 14.5 Å². The topological polar surface area (TPSA) is 77.6 Å². The van der Waals surface area contributed by atoms with Crippen molar-refractivity contribution < 1.29 is 4.79 Å². The molecule has 3 heterocycles. The Kier molecular flexibility index (Phi) is 7.03. The summed E-state index contributed by atoms with van der Waals surface area (Å²) in [6.45, 7) is 5.02. The minimum Gasteiger partial charge on any atom is -0.348 e. The van der Waals surface area contributed by atoms with E-state index >= 15 is 0 Å². The van der Waals surface area contributed by atoms with Gasteiger partial charge < -0.3 is 5.32 Å². The van der Waals surface area contributed by atoms with E-state index in [2.05, 4.69) is 27.5 Å². The van der Waals surface area contributed by atoms with Crippen LogP contribution in [-0.4, -0.2) is 30.5 Å². The van der Waals surface area contributed by atoms with Crippen LogP contribution in [0.15, 0.2) is 97.5 Å². The number of nitrogens with zero attached hydrogens (tertiary/aromatic N) is 5. The number of carbonyl (C=O) groups excluding carboxylic acids is 1. The molecule has 7 nitrogen and oxygen atoms in total. The third kappa shape index (κ3) is 5.56. The van der Waals surface area contributed by atoms with Crippen molar-refractivity contribution in [3.8, 4) is 16.9 Å². The fourth-order valence-electron chi connectivity index (χ4n) is 4.29. The number of nitrogens with one attached hydrogen (secondary N) is 1. The summed E-state index contributed by atoms with van der Waals surface area (Å²) < 4.78 is 3.80. The molecule has 0 aliphatic heterocycles. The Bertz CT molecular complexity index is 1520. The summed E-state index contributed by atoms with van der Waals surface area (Å²) >= 11 is 0. The van der Waals surface area contributed by atoms with Gasteiger partial charge in [0.2, 0.25) is 5.91 Å². The van der Waals surface area contributed by atoms with E-state index in [0.29, 0.717) is 13.1 Å². The molecule has 0 spiro atoms. The summed E-state index contributed by atoms with van der Waals surface area (Å²) in [5.41, 5.74) is 7.59. The molecule has 0 bridgehead atoms. The van der Waals surface area contributed by atoms with E-state index in [9.17, 15) is 4.79 Å². The second-order valence-corrected chi connectivity index (χ2v) is 8.81. The van der Waals surface area contributed by atoms with Crippen LogP contribution in [0.5, 0.6) is 0 Å². The van der Waals surface area contributed by atoms with Crippen LogP contribution >= 0.6 is 0 Å². The van der Waals surface area contributed by atoms with Gasteiger partial charge in [0.15, 0.2) is 0 Å². The van der Waals surface area contributed by atoms with Crippen LogP contribution in [0.3, 0.4) is 0 Å². The molecule has 0 aliphatic rings. The first-order valence-corrected chi connectivity index (χ1v) is 12.2. The Morgan fingerprint density at radius 3 is 2.43 bits per heavy atom. The Morgan fingerprint density at radius 1 is 0.946 bits per heavy atom. The van der Waals surface area contributed by atoms with E-state index in [1.807, 2.05) is 90.1 Å². The van der Waals surface area contributed by atoms with Gasteiger partial charge in [0.1, 0.15) is 5.69 Å². The van der Waals surface area contributed by atoms with Gasteiger partial charge in [0.25, 0.3) is 0 Å². The van der Waals surface area contributed by atoms with E-state index in [1.165, 1.54) is 0 Å². The predicted molar refractivity (Wildman–Crippen MR) is 145 cm³/mol. The Labute approximate surface area is 216 Å². The number of aryl methyl sites for hydroxylation is 1. The smallest absolute Gasteiger partial charge is 0.244 e. The van der Waals surface area contributed by atoms with Crippen LogP contribution in [-0.2, 0) is 17.9 Å². The number of benzene rings is 2. The molecule has 0 atom stereocenters. The average Bonchev–Trinajstić information content (AvgIpc) is 3.47. The zero-order chi connectivity index (χ0) is 25.6. The molecule has 7 heteroatoms. The number of carbonyl (C=O) groups is 1. The van der Waals surface area contributed by atoms with Crippen molar-refractivity contribution in [3.63, 3.8) is 0 Å². The second kappa shape index (κ2) is 10.9. The lowest BCUT2D eigenvalue weighted by Crippen LogP contribution is -2.21. The molecule has 0 fully saturated rings. The Morgan fingerprint density at radius 2 is 1.70 bits per heavy atom. The van der Waals surface area contributed by atoms with Gasteiger partial charge >= 0.3 is 0 Å². The van der Waals surface area contributed by atoms with Crippen LogP contribution in [0.4, 0.5) is 0 Å². The first kappa shape index (κ1) is 23.9. The number of rotatable bonds is 8. The fraction of sp³-hybridized carbons (Fsp3) is 0.133. The monoisotopic (exact) mass is 488 g/mol. The zero-order valence-electron chi connectivity index (χ0n) is 20.9. The minimum atomic E-state index is -0.181.